The molecule has 1 heterocycles. The maximum absolute atomic E-state index is 11.6. The highest BCUT2D eigenvalue weighted by atomic mass is 32.2. The van der Waals surface area contributed by atoms with Gasteiger partial charge in [0.1, 0.15) is 0 Å². The number of nitrogens with one attached hydrogen (secondary N) is 1. The van der Waals surface area contributed by atoms with E-state index in [1.54, 1.807) is 6.92 Å². The number of hydrogen-bond acceptors (Lipinski definition) is 5. The molecule has 1 aromatic heterocycles. The van der Waals surface area contributed by atoms with Gasteiger partial charge in [-0.25, -0.2) is 4.98 Å². The lowest BCUT2D eigenvalue weighted by molar-refractivity contribution is -0.140. The van der Waals surface area contributed by atoms with Gasteiger partial charge < -0.3 is 9.72 Å². The fraction of sp³-hybridized carbons (Fsp3) is 0.500. The van der Waals surface area contributed by atoms with E-state index < -0.39 is 0 Å². The zero-order valence-corrected chi connectivity index (χ0v) is 10.3. The highest BCUT2D eigenvalue weighted by Gasteiger charge is 2.08. The summed E-state index contributed by atoms with van der Waals surface area (Å²) >= 11 is 1.38. The molecule has 0 unspecified atom stereocenters. The van der Waals surface area contributed by atoms with Crippen molar-refractivity contribution >= 4 is 17.7 Å². The lowest BCUT2D eigenvalue weighted by Gasteiger charge is -2.05. The van der Waals surface area contributed by atoms with Crippen LogP contribution in [-0.4, -0.2) is 28.8 Å². The fourth-order valence-electron chi connectivity index (χ4n) is 1.27. The zero-order valence-electron chi connectivity index (χ0n) is 9.49. The molecular formula is C10H14N2O3S. The number of nitrogens with zero attached hydrogens (tertiary/aromatic N) is 1. The van der Waals surface area contributed by atoms with E-state index in [4.69, 9.17) is 4.74 Å². The second kappa shape index (κ2) is 5.69. The molecule has 6 heteroatoms. The highest BCUT2D eigenvalue weighted by Crippen LogP contribution is 2.08. The third-order valence-electron chi connectivity index (χ3n) is 2.05. The second-order valence-electron chi connectivity index (χ2n) is 3.23. The normalized spacial score (nSPS) is 10.2. The van der Waals surface area contributed by atoms with E-state index in [9.17, 15) is 9.59 Å². The molecule has 0 fully saturated rings. The van der Waals surface area contributed by atoms with Gasteiger partial charge in [0.2, 0.25) is 0 Å². The van der Waals surface area contributed by atoms with Gasteiger partial charge in [-0.05, 0) is 13.2 Å². The van der Waals surface area contributed by atoms with Crippen LogP contribution in [0.2, 0.25) is 0 Å². The largest absolute Gasteiger partial charge is 0.466 e. The summed E-state index contributed by atoms with van der Waals surface area (Å²) in [6.07, 6.45) is 2.23. The van der Waals surface area contributed by atoms with Crippen molar-refractivity contribution < 1.29 is 9.53 Å². The van der Waals surface area contributed by atoms with Crippen LogP contribution in [0, 0.1) is 6.92 Å². The van der Waals surface area contributed by atoms with E-state index in [1.165, 1.54) is 18.7 Å². The van der Waals surface area contributed by atoms with Gasteiger partial charge in [0.25, 0.3) is 5.56 Å². The van der Waals surface area contributed by atoms with Crippen molar-refractivity contribution in [2.24, 2.45) is 0 Å². The van der Waals surface area contributed by atoms with Gasteiger partial charge in [0.15, 0.2) is 5.16 Å². The molecule has 1 N–H and O–H groups in total. The summed E-state index contributed by atoms with van der Waals surface area (Å²) in [5.74, 6) is -0.345. The van der Waals surface area contributed by atoms with Gasteiger partial charge in [0.05, 0.1) is 6.61 Å². The molecule has 1 aromatic rings. The number of aromatic nitrogens is 2. The van der Waals surface area contributed by atoms with E-state index in [-0.39, 0.29) is 18.1 Å². The number of H-pyrrole nitrogens is 1. The Morgan fingerprint density at radius 2 is 2.25 bits per heavy atom. The summed E-state index contributed by atoms with van der Waals surface area (Å²) in [6, 6.07) is 0. The van der Waals surface area contributed by atoms with Crippen molar-refractivity contribution in [3.05, 3.63) is 21.6 Å². The van der Waals surface area contributed by atoms with Crippen LogP contribution in [0.25, 0.3) is 0 Å². The van der Waals surface area contributed by atoms with Crippen molar-refractivity contribution in [3.8, 4) is 0 Å². The SMILES string of the molecule is CSc1nc(C)c(CCOC(C)=O)c(=O)[nH]1. The molecule has 0 aromatic carbocycles. The number of ether oxygens (including phenoxy) is 1. The number of thioether (sulfide) groups is 1. The van der Waals surface area contributed by atoms with Crippen molar-refractivity contribution in [1.29, 1.82) is 0 Å². The summed E-state index contributed by atoms with van der Waals surface area (Å²) in [5, 5.41) is 0.596. The van der Waals surface area contributed by atoms with Gasteiger partial charge in [-0.1, -0.05) is 11.8 Å². The molecule has 0 saturated carbocycles. The Hall–Kier alpha value is -1.30. The lowest BCUT2D eigenvalue weighted by atomic mass is 10.2. The van der Waals surface area contributed by atoms with Crippen molar-refractivity contribution in [2.45, 2.75) is 25.4 Å². The van der Waals surface area contributed by atoms with Crippen molar-refractivity contribution in [3.63, 3.8) is 0 Å². The van der Waals surface area contributed by atoms with Crippen LogP contribution in [0.5, 0.6) is 0 Å². The minimum Gasteiger partial charge on any atom is -0.466 e. The van der Waals surface area contributed by atoms with Gasteiger partial charge in [-0.15, -0.1) is 0 Å². The topological polar surface area (TPSA) is 72.0 Å². The van der Waals surface area contributed by atoms with E-state index in [0.29, 0.717) is 22.8 Å². The molecule has 1 rings (SSSR count). The molecular weight excluding hydrogens is 228 g/mol. The summed E-state index contributed by atoms with van der Waals surface area (Å²) < 4.78 is 4.79. The standard InChI is InChI=1S/C10H14N2O3S/c1-6-8(4-5-15-7(2)13)9(14)12-10(11-6)16-3/h4-5H2,1-3H3,(H,11,12,14). The van der Waals surface area contributed by atoms with Crippen LogP contribution in [0.4, 0.5) is 0 Å². The molecule has 16 heavy (non-hydrogen) atoms. The highest BCUT2D eigenvalue weighted by molar-refractivity contribution is 7.98. The van der Waals surface area contributed by atoms with E-state index in [0.717, 1.165) is 0 Å². The predicted octanol–water partition coefficient (Wildman–Crippen LogP) is 0.906. The molecule has 0 radical (unpaired) electrons. The number of carbonyl (C=O) groups is 1. The number of aryl methyl sites for hydroxylation is 1. The first-order valence-electron chi connectivity index (χ1n) is 4.81. The molecule has 0 aliphatic carbocycles. The molecule has 0 saturated heterocycles. The van der Waals surface area contributed by atoms with Crippen molar-refractivity contribution in [2.75, 3.05) is 12.9 Å². The summed E-state index contributed by atoms with van der Waals surface area (Å²) in [6.45, 7) is 3.32. The fourth-order valence-corrected chi connectivity index (χ4v) is 1.70. The van der Waals surface area contributed by atoms with Crippen LogP contribution < -0.4 is 5.56 Å². The van der Waals surface area contributed by atoms with Crippen molar-refractivity contribution in [1.82, 2.24) is 9.97 Å². The Bertz CT molecular complexity index is 442. The van der Waals surface area contributed by atoms with Crippen LogP contribution >= 0.6 is 11.8 Å². The Kier molecular flexibility index (Phi) is 4.54. The molecule has 0 spiro atoms. The van der Waals surface area contributed by atoms with Crippen LogP contribution in [0.3, 0.4) is 0 Å². The number of rotatable bonds is 4. The smallest absolute Gasteiger partial charge is 0.302 e. The third-order valence-corrected chi connectivity index (χ3v) is 2.63. The average Bonchev–Trinajstić information content (AvgIpc) is 2.21. The second-order valence-corrected chi connectivity index (χ2v) is 4.02. The Balaban J connectivity index is 2.80. The van der Waals surface area contributed by atoms with Crippen LogP contribution in [-0.2, 0) is 16.0 Å². The summed E-state index contributed by atoms with van der Waals surface area (Å²) in [5.41, 5.74) is 1.09. The van der Waals surface area contributed by atoms with Gasteiger partial charge in [0, 0.05) is 24.6 Å². The first kappa shape index (κ1) is 12.8. The predicted molar refractivity (Wildman–Crippen MR) is 61.7 cm³/mol. The third kappa shape index (κ3) is 3.37. The number of aromatic amines is 1. The van der Waals surface area contributed by atoms with Gasteiger partial charge in [-0.3, -0.25) is 9.59 Å². The minimum atomic E-state index is -0.345. The molecule has 0 aliphatic heterocycles. The van der Waals surface area contributed by atoms with Gasteiger partial charge in [-0.2, -0.15) is 0 Å². The first-order chi connectivity index (χ1) is 7.54. The molecule has 0 bridgehead atoms. The first-order valence-corrected chi connectivity index (χ1v) is 6.04. The van der Waals surface area contributed by atoms with E-state index in [1.807, 2.05) is 6.26 Å². The molecule has 0 aliphatic rings. The average molecular weight is 242 g/mol. The van der Waals surface area contributed by atoms with Gasteiger partial charge >= 0.3 is 5.97 Å². The summed E-state index contributed by atoms with van der Waals surface area (Å²) in [4.78, 5) is 29.1. The number of hydrogen-bond donors (Lipinski definition) is 1. The molecule has 88 valence electrons. The monoisotopic (exact) mass is 242 g/mol. The quantitative estimate of drug-likeness (QED) is 0.482. The number of esters is 1. The summed E-state index contributed by atoms with van der Waals surface area (Å²) in [7, 11) is 0. The maximum Gasteiger partial charge on any atom is 0.302 e. The van der Waals surface area contributed by atoms with E-state index >= 15 is 0 Å². The minimum absolute atomic E-state index is 0.163. The Labute approximate surface area is 97.6 Å². The Morgan fingerprint density at radius 1 is 1.56 bits per heavy atom. The van der Waals surface area contributed by atoms with Crippen LogP contribution in [0.15, 0.2) is 9.95 Å². The Morgan fingerprint density at radius 3 is 2.75 bits per heavy atom. The van der Waals surface area contributed by atoms with Crippen LogP contribution in [0.1, 0.15) is 18.2 Å². The molecule has 0 atom stereocenters. The zero-order chi connectivity index (χ0) is 12.1. The lowest BCUT2D eigenvalue weighted by Crippen LogP contribution is -2.19. The number of carbonyl (C=O) groups excluding carboxylic acids is 1. The van der Waals surface area contributed by atoms with E-state index in [2.05, 4.69) is 9.97 Å². The maximum atomic E-state index is 11.6. The molecule has 0 amide bonds. The molecule has 5 nitrogen and oxygen atoms in total.